The number of nitrogens with zero attached hydrogens (tertiary/aromatic N) is 1. The average Bonchev–Trinajstić information content (AvgIpc) is 2.46. The summed E-state index contributed by atoms with van der Waals surface area (Å²) in [5.41, 5.74) is 0. The van der Waals surface area contributed by atoms with Gasteiger partial charge in [0.2, 0.25) is 0 Å². The molecular formula is C14H22N2O3S. The summed E-state index contributed by atoms with van der Waals surface area (Å²) in [5, 5.41) is 2.73. The number of benzene rings is 1. The van der Waals surface area contributed by atoms with Crippen LogP contribution in [0.15, 0.2) is 35.2 Å². The topological polar surface area (TPSA) is 66.5 Å². The lowest BCUT2D eigenvalue weighted by Crippen LogP contribution is -2.40. The van der Waals surface area contributed by atoms with Crippen LogP contribution in [-0.4, -0.2) is 44.7 Å². The maximum absolute atomic E-state index is 12.0. The summed E-state index contributed by atoms with van der Waals surface area (Å²) < 4.78 is 24.0. The molecule has 0 spiro atoms. The van der Waals surface area contributed by atoms with Crippen LogP contribution in [-0.2, 0) is 9.84 Å². The average molecular weight is 298 g/mol. The molecule has 0 atom stereocenters. The fourth-order valence-electron chi connectivity index (χ4n) is 1.83. The molecule has 0 aromatic heterocycles. The molecule has 0 aliphatic rings. The van der Waals surface area contributed by atoms with Gasteiger partial charge in [-0.15, -0.1) is 0 Å². The second-order valence-corrected chi connectivity index (χ2v) is 6.50. The van der Waals surface area contributed by atoms with Crippen molar-refractivity contribution in [1.29, 1.82) is 0 Å². The van der Waals surface area contributed by atoms with Gasteiger partial charge in [0.15, 0.2) is 9.84 Å². The van der Waals surface area contributed by atoms with E-state index in [-0.39, 0.29) is 11.8 Å². The molecule has 0 aliphatic heterocycles. The van der Waals surface area contributed by atoms with E-state index in [1.807, 2.05) is 13.8 Å². The lowest BCUT2D eigenvalue weighted by atomic mass is 10.4. The SMILES string of the molecule is CCN(CC)C(=O)NCCCS(=O)(=O)c1ccccc1. The highest BCUT2D eigenvalue weighted by atomic mass is 32.2. The van der Waals surface area contributed by atoms with Crippen LogP contribution >= 0.6 is 0 Å². The number of hydrogen-bond donors (Lipinski definition) is 1. The summed E-state index contributed by atoms with van der Waals surface area (Å²) in [6, 6.07) is 8.22. The minimum atomic E-state index is -3.25. The Labute approximate surface area is 120 Å². The van der Waals surface area contributed by atoms with Crippen LogP contribution < -0.4 is 5.32 Å². The highest BCUT2D eigenvalue weighted by Gasteiger charge is 2.14. The zero-order valence-electron chi connectivity index (χ0n) is 12.0. The number of amides is 2. The van der Waals surface area contributed by atoms with Crippen LogP contribution in [0, 0.1) is 0 Å². The number of carbonyl (C=O) groups is 1. The van der Waals surface area contributed by atoms with E-state index in [0.29, 0.717) is 31.0 Å². The first-order chi connectivity index (χ1) is 9.51. The molecule has 1 rings (SSSR count). The number of nitrogens with one attached hydrogen (secondary N) is 1. The van der Waals surface area contributed by atoms with E-state index >= 15 is 0 Å². The van der Waals surface area contributed by atoms with Gasteiger partial charge in [-0.05, 0) is 32.4 Å². The first-order valence-electron chi connectivity index (χ1n) is 6.81. The van der Waals surface area contributed by atoms with E-state index in [9.17, 15) is 13.2 Å². The van der Waals surface area contributed by atoms with Gasteiger partial charge in [0.1, 0.15) is 0 Å². The normalized spacial score (nSPS) is 11.1. The molecule has 1 N–H and O–H groups in total. The highest BCUT2D eigenvalue weighted by Crippen LogP contribution is 2.10. The molecule has 0 radical (unpaired) electrons. The first kappa shape index (κ1) is 16.5. The smallest absolute Gasteiger partial charge is 0.317 e. The molecule has 0 saturated carbocycles. The number of sulfone groups is 1. The van der Waals surface area contributed by atoms with Gasteiger partial charge in [0.25, 0.3) is 0 Å². The van der Waals surface area contributed by atoms with E-state index in [1.54, 1.807) is 35.2 Å². The zero-order valence-corrected chi connectivity index (χ0v) is 12.8. The summed E-state index contributed by atoms with van der Waals surface area (Å²) in [5.74, 6) is 0.0372. The summed E-state index contributed by atoms with van der Waals surface area (Å²) in [6.07, 6.45) is 0.407. The van der Waals surface area contributed by atoms with Gasteiger partial charge in [-0.2, -0.15) is 0 Å². The number of rotatable bonds is 7. The third kappa shape index (κ3) is 4.85. The Balaban J connectivity index is 2.40. The maximum atomic E-state index is 12.0. The number of hydrogen-bond acceptors (Lipinski definition) is 3. The van der Waals surface area contributed by atoms with Crippen molar-refractivity contribution in [3.8, 4) is 0 Å². The van der Waals surface area contributed by atoms with Crippen molar-refractivity contribution in [1.82, 2.24) is 10.2 Å². The van der Waals surface area contributed by atoms with E-state index in [1.165, 1.54) is 0 Å². The lowest BCUT2D eigenvalue weighted by Gasteiger charge is -2.19. The molecule has 2 amide bonds. The van der Waals surface area contributed by atoms with Gasteiger partial charge in [0, 0.05) is 19.6 Å². The van der Waals surface area contributed by atoms with Crippen molar-refractivity contribution in [3.63, 3.8) is 0 Å². The Hall–Kier alpha value is -1.56. The standard InChI is InChI=1S/C14H22N2O3S/c1-3-16(4-2)14(17)15-11-8-12-20(18,19)13-9-6-5-7-10-13/h5-7,9-10H,3-4,8,11-12H2,1-2H3,(H,15,17). The van der Waals surface area contributed by atoms with Crippen LogP contribution in [0.1, 0.15) is 20.3 Å². The van der Waals surface area contributed by atoms with Gasteiger partial charge in [-0.3, -0.25) is 0 Å². The molecule has 1 aromatic rings. The van der Waals surface area contributed by atoms with Crippen molar-refractivity contribution in [2.75, 3.05) is 25.4 Å². The predicted molar refractivity (Wildman–Crippen MR) is 79.4 cm³/mol. The first-order valence-corrected chi connectivity index (χ1v) is 8.47. The van der Waals surface area contributed by atoms with Crippen molar-refractivity contribution in [2.24, 2.45) is 0 Å². The summed E-state index contributed by atoms with van der Waals surface area (Å²) in [4.78, 5) is 13.7. The quantitative estimate of drug-likeness (QED) is 0.782. The minimum Gasteiger partial charge on any atom is -0.338 e. The largest absolute Gasteiger partial charge is 0.338 e. The molecule has 0 saturated heterocycles. The van der Waals surface area contributed by atoms with Gasteiger partial charge in [0.05, 0.1) is 10.6 Å². The molecule has 0 aliphatic carbocycles. The molecule has 0 unspecified atom stereocenters. The van der Waals surface area contributed by atoms with Crippen LogP contribution in [0.2, 0.25) is 0 Å². The van der Waals surface area contributed by atoms with Gasteiger partial charge < -0.3 is 10.2 Å². The minimum absolute atomic E-state index is 0.0372. The Morgan fingerprint density at radius 2 is 1.75 bits per heavy atom. The van der Waals surface area contributed by atoms with Crippen molar-refractivity contribution in [2.45, 2.75) is 25.2 Å². The Morgan fingerprint density at radius 3 is 2.30 bits per heavy atom. The molecule has 1 aromatic carbocycles. The van der Waals surface area contributed by atoms with Crippen LogP contribution in [0.25, 0.3) is 0 Å². The third-order valence-corrected chi connectivity index (χ3v) is 4.84. The molecule has 0 bridgehead atoms. The lowest BCUT2D eigenvalue weighted by molar-refractivity contribution is 0.203. The highest BCUT2D eigenvalue weighted by molar-refractivity contribution is 7.91. The molecule has 112 valence electrons. The second kappa shape index (κ2) is 7.89. The Kier molecular flexibility index (Phi) is 6.51. The predicted octanol–water partition coefficient (Wildman–Crippen LogP) is 1.90. The van der Waals surface area contributed by atoms with Crippen LogP contribution in [0.3, 0.4) is 0 Å². The molecule has 5 nitrogen and oxygen atoms in total. The van der Waals surface area contributed by atoms with E-state index in [2.05, 4.69) is 5.32 Å². The summed E-state index contributed by atoms with van der Waals surface area (Å²) in [6.45, 7) is 5.46. The van der Waals surface area contributed by atoms with Crippen molar-refractivity contribution >= 4 is 15.9 Å². The number of carbonyl (C=O) groups excluding carboxylic acids is 1. The van der Waals surface area contributed by atoms with Gasteiger partial charge in [-0.25, -0.2) is 13.2 Å². The fourth-order valence-corrected chi connectivity index (χ4v) is 3.16. The van der Waals surface area contributed by atoms with Crippen LogP contribution in [0.4, 0.5) is 4.79 Å². The van der Waals surface area contributed by atoms with Crippen molar-refractivity contribution < 1.29 is 13.2 Å². The molecular weight excluding hydrogens is 276 g/mol. The molecule has 0 heterocycles. The monoisotopic (exact) mass is 298 g/mol. The molecule has 20 heavy (non-hydrogen) atoms. The van der Waals surface area contributed by atoms with E-state index in [0.717, 1.165) is 0 Å². The van der Waals surface area contributed by atoms with Crippen molar-refractivity contribution in [3.05, 3.63) is 30.3 Å². The Morgan fingerprint density at radius 1 is 1.15 bits per heavy atom. The third-order valence-electron chi connectivity index (χ3n) is 3.02. The number of urea groups is 1. The maximum Gasteiger partial charge on any atom is 0.317 e. The summed E-state index contributed by atoms with van der Waals surface area (Å²) in [7, 11) is -3.25. The summed E-state index contributed by atoms with van der Waals surface area (Å²) >= 11 is 0. The second-order valence-electron chi connectivity index (χ2n) is 4.39. The fraction of sp³-hybridized carbons (Fsp3) is 0.500. The molecule has 0 fully saturated rings. The Bertz CT molecular complexity index is 510. The van der Waals surface area contributed by atoms with E-state index in [4.69, 9.17) is 0 Å². The molecule has 6 heteroatoms. The van der Waals surface area contributed by atoms with Gasteiger partial charge >= 0.3 is 6.03 Å². The van der Waals surface area contributed by atoms with Gasteiger partial charge in [-0.1, -0.05) is 18.2 Å². The zero-order chi connectivity index (χ0) is 15.0. The van der Waals surface area contributed by atoms with Crippen LogP contribution in [0.5, 0.6) is 0 Å². The van der Waals surface area contributed by atoms with E-state index < -0.39 is 9.84 Å².